The van der Waals surface area contributed by atoms with Gasteiger partial charge in [0.25, 0.3) is 5.56 Å². The molecule has 1 aliphatic heterocycles. The summed E-state index contributed by atoms with van der Waals surface area (Å²) in [6.07, 6.45) is 3.02. The molecule has 31 heavy (non-hydrogen) atoms. The van der Waals surface area contributed by atoms with E-state index in [1.807, 2.05) is 12.1 Å². The number of rotatable bonds is 4. The van der Waals surface area contributed by atoms with Crippen LogP contribution < -0.4 is 10.5 Å². The van der Waals surface area contributed by atoms with Gasteiger partial charge in [-0.3, -0.25) is 9.36 Å². The quantitative estimate of drug-likeness (QED) is 0.472. The van der Waals surface area contributed by atoms with Crippen molar-refractivity contribution in [3.63, 3.8) is 0 Å². The van der Waals surface area contributed by atoms with E-state index in [0.29, 0.717) is 40.4 Å². The molecular formula is C20H17N9O2. The summed E-state index contributed by atoms with van der Waals surface area (Å²) in [6, 6.07) is 7.57. The Balaban J connectivity index is 1.16. The molecular weight excluding hydrogens is 398 g/mol. The maximum atomic E-state index is 12.7. The summed E-state index contributed by atoms with van der Waals surface area (Å²) in [5, 5.41) is 13.2. The summed E-state index contributed by atoms with van der Waals surface area (Å²) in [7, 11) is 1.76. The number of pyridine rings is 1. The monoisotopic (exact) mass is 415 g/mol. The highest BCUT2D eigenvalue weighted by atomic mass is 16.5. The maximum absolute atomic E-state index is 12.7. The number of hydrogen-bond acceptors (Lipinski definition) is 9. The van der Waals surface area contributed by atoms with Crippen LogP contribution in [0.15, 0.2) is 40.2 Å². The van der Waals surface area contributed by atoms with Gasteiger partial charge >= 0.3 is 0 Å². The Bertz CT molecular complexity index is 1400. The average molecular weight is 415 g/mol. The van der Waals surface area contributed by atoms with E-state index in [0.717, 1.165) is 18.9 Å². The summed E-state index contributed by atoms with van der Waals surface area (Å²) >= 11 is 0. The lowest BCUT2D eigenvalue weighted by Crippen LogP contribution is -2.25. The molecule has 1 aliphatic carbocycles. The van der Waals surface area contributed by atoms with Crippen molar-refractivity contribution in [2.24, 2.45) is 18.9 Å². The third-order valence-corrected chi connectivity index (χ3v) is 6.16. The van der Waals surface area contributed by atoms with Crippen molar-refractivity contribution in [2.75, 3.05) is 18.0 Å². The summed E-state index contributed by atoms with van der Waals surface area (Å²) in [4.78, 5) is 32.1. The van der Waals surface area contributed by atoms with Crippen LogP contribution in [0.3, 0.4) is 0 Å². The highest BCUT2D eigenvalue weighted by Crippen LogP contribution is 2.57. The van der Waals surface area contributed by atoms with Gasteiger partial charge in [0.15, 0.2) is 17.0 Å². The Morgan fingerprint density at radius 3 is 2.81 bits per heavy atom. The number of piperidine rings is 1. The second-order valence-corrected chi connectivity index (χ2v) is 8.00. The van der Waals surface area contributed by atoms with E-state index in [1.165, 1.54) is 10.9 Å². The topological polar surface area (TPSA) is 132 Å². The number of imidazole rings is 1. The number of nitriles is 1. The Morgan fingerprint density at radius 2 is 2.00 bits per heavy atom. The lowest BCUT2D eigenvalue weighted by molar-refractivity contribution is 0.363. The number of fused-ring (bicyclic) bond motifs is 2. The molecule has 0 bridgehead atoms. The van der Waals surface area contributed by atoms with Crippen LogP contribution >= 0.6 is 0 Å². The van der Waals surface area contributed by atoms with E-state index in [-0.39, 0.29) is 18.0 Å². The summed E-state index contributed by atoms with van der Waals surface area (Å²) in [5.41, 5.74) is 1.08. The number of aromatic nitrogens is 7. The maximum Gasteiger partial charge on any atom is 0.280 e. The normalized spacial score (nSPS) is 21.9. The van der Waals surface area contributed by atoms with Crippen LogP contribution in [-0.2, 0) is 13.6 Å². The third-order valence-electron chi connectivity index (χ3n) is 6.16. The minimum Gasteiger partial charge on any atom is -0.356 e. The molecule has 1 saturated carbocycles. The first-order valence-corrected chi connectivity index (χ1v) is 9.93. The van der Waals surface area contributed by atoms with Crippen LogP contribution in [0.5, 0.6) is 0 Å². The molecule has 6 rings (SSSR count). The average Bonchev–Trinajstić information content (AvgIpc) is 3.21. The van der Waals surface area contributed by atoms with E-state index in [4.69, 9.17) is 9.78 Å². The highest BCUT2D eigenvalue weighted by molar-refractivity contribution is 5.68. The van der Waals surface area contributed by atoms with Gasteiger partial charge in [-0.1, -0.05) is 11.2 Å². The minimum absolute atomic E-state index is 0.166. The van der Waals surface area contributed by atoms with Crippen molar-refractivity contribution in [1.29, 1.82) is 5.26 Å². The van der Waals surface area contributed by atoms with Gasteiger partial charge in [-0.05, 0) is 24.0 Å². The molecule has 0 N–H and O–H groups in total. The Hall–Kier alpha value is -4.07. The molecule has 0 radical (unpaired) electrons. The van der Waals surface area contributed by atoms with Gasteiger partial charge in [-0.15, -0.1) is 0 Å². The molecule has 5 heterocycles. The summed E-state index contributed by atoms with van der Waals surface area (Å²) < 4.78 is 8.52. The third kappa shape index (κ3) is 2.79. The highest BCUT2D eigenvalue weighted by Gasteiger charge is 2.58. The van der Waals surface area contributed by atoms with Gasteiger partial charge in [0.2, 0.25) is 5.89 Å². The molecule has 4 aromatic rings. The Kier molecular flexibility index (Phi) is 3.70. The fourth-order valence-corrected chi connectivity index (χ4v) is 4.56. The van der Waals surface area contributed by atoms with E-state index in [1.54, 1.807) is 24.0 Å². The Morgan fingerprint density at radius 1 is 1.19 bits per heavy atom. The van der Waals surface area contributed by atoms with Crippen LogP contribution in [0.2, 0.25) is 0 Å². The van der Waals surface area contributed by atoms with E-state index >= 15 is 0 Å². The molecule has 2 aliphatic rings. The first-order valence-electron chi connectivity index (χ1n) is 9.93. The van der Waals surface area contributed by atoms with E-state index < -0.39 is 0 Å². The zero-order valence-electron chi connectivity index (χ0n) is 16.6. The molecule has 154 valence electrons. The number of anilines is 1. The molecule has 11 nitrogen and oxygen atoms in total. The minimum atomic E-state index is -0.198. The van der Waals surface area contributed by atoms with Crippen LogP contribution in [0, 0.1) is 23.2 Å². The molecule has 2 atom stereocenters. The largest absolute Gasteiger partial charge is 0.356 e. The lowest BCUT2D eigenvalue weighted by Gasteiger charge is -2.20. The van der Waals surface area contributed by atoms with Crippen molar-refractivity contribution >= 4 is 17.0 Å². The molecule has 0 aromatic carbocycles. The molecule has 4 aromatic heterocycles. The smallest absolute Gasteiger partial charge is 0.280 e. The van der Waals surface area contributed by atoms with Crippen molar-refractivity contribution in [1.82, 2.24) is 34.2 Å². The van der Waals surface area contributed by atoms with Crippen LogP contribution in [0.25, 0.3) is 11.2 Å². The predicted molar refractivity (Wildman–Crippen MR) is 107 cm³/mol. The van der Waals surface area contributed by atoms with Gasteiger partial charge in [0.1, 0.15) is 30.5 Å². The van der Waals surface area contributed by atoms with Crippen LogP contribution in [0.4, 0.5) is 5.82 Å². The van der Waals surface area contributed by atoms with Crippen molar-refractivity contribution in [2.45, 2.75) is 12.5 Å². The number of nitrogens with zero attached hydrogens (tertiary/aromatic N) is 9. The fraction of sp³-hybridized carbons (Fsp3) is 0.350. The number of hydrogen-bond donors (Lipinski definition) is 0. The molecule has 11 heteroatoms. The second kappa shape index (κ2) is 6.46. The fourth-order valence-electron chi connectivity index (χ4n) is 4.56. The second-order valence-electron chi connectivity index (χ2n) is 8.00. The van der Waals surface area contributed by atoms with Gasteiger partial charge < -0.3 is 14.0 Å². The number of aryl methyl sites for hydroxylation is 1. The summed E-state index contributed by atoms with van der Waals surface area (Å²) in [5.74, 6) is 3.02. The van der Waals surface area contributed by atoms with Gasteiger partial charge in [-0.2, -0.15) is 10.2 Å². The van der Waals surface area contributed by atoms with Gasteiger partial charge in [-0.25, -0.2) is 15.0 Å². The zero-order valence-corrected chi connectivity index (χ0v) is 16.6. The van der Waals surface area contributed by atoms with Crippen LogP contribution in [-0.4, -0.2) is 47.3 Å². The van der Waals surface area contributed by atoms with Gasteiger partial charge in [0.05, 0.1) is 6.33 Å². The van der Waals surface area contributed by atoms with Crippen molar-refractivity contribution in [3.05, 3.63) is 58.6 Å². The van der Waals surface area contributed by atoms with Crippen molar-refractivity contribution < 1.29 is 4.52 Å². The van der Waals surface area contributed by atoms with Gasteiger partial charge in [0, 0.05) is 26.1 Å². The molecule has 0 amide bonds. The standard InChI is InChI=1S/C20H17N9O2/c1-27-9-22-19-17(27)20(30)29(10-23-19)8-15-25-18(26-31-15)16-12-6-28(7-13(12)16)14-4-2-3-11(5-21)24-14/h2-4,9-10,12-13,16H,6-8H2,1H3. The molecule has 1 saturated heterocycles. The predicted octanol–water partition coefficient (Wildman–Crippen LogP) is 0.678. The first kappa shape index (κ1) is 17.8. The van der Waals surface area contributed by atoms with E-state index in [2.05, 4.69) is 36.1 Å². The van der Waals surface area contributed by atoms with Crippen LogP contribution in [0.1, 0.15) is 23.3 Å². The lowest BCUT2D eigenvalue weighted by atomic mass is 10.2. The summed E-state index contributed by atoms with van der Waals surface area (Å²) in [6.45, 7) is 1.86. The first-order chi connectivity index (χ1) is 15.1. The van der Waals surface area contributed by atoms with E-state index in [9.17, 15) is 4.79 Å². The molecule has 2 unspecified atom stereocenters. The molecule has 2 fully saturated rings. The SMILES string of the molecule is Cn1cnc2ncn(Cc3nc(C4C5CN(c6cccc(C#N)n6)CC54)no3)c(=O)c21. The zero-order chi connectivity index (χ0) is 21.1. The molecule has 0 spiro atoms. The van der Waals surface area contributed by atoms with Crippen molar-refractivity contribution in [3.8, 4) is 6.07 Å². The Labute approximate surface area is 175 Å².